The van der Waals surface area contributed by atoms with E-state index in [4.69, 9.17) is 5.73 Å². The Kier molecular flexibility index (Phi) is 4.62. The summed E-state index contributed by atoms with van der Waals surface area (Å²) < 4.78 is 0. The Bertz CT molecular complexity index is 512. The fourth-order valence-corrected chi connectivity index (χ4v) is 3.03. The van der Waals surface area contributed by atoms with Crippen LogP contribution in [0.25, 0.3) is 0 Å². The van der Waals surface area contributed by atoms with Crippen LogP contribution in [0, 0.1) is 23.7 Å². The second-order valence-electron chi connectivity index (χ2n) is 5.20. The molecule has 2 atom stereocenters. The molecule has 1 fully saturated rings. The van der Waals surface area contributed by atoms with Crippen LogP contribution in [0.15, 0.2) is 11.4 Å². The van der Waals surface area contributed by atoms with E-state index in [2.05, 4.69) is 25.7 Å². The first-order valence-corrected chi connectivity index (χ1v) is 7.56. The molecule has 0 aromatic carbocycles. The lowest BCUT2D eigenvalue weighted by atomic mass is 9.88. The van der Waals surface area contributed by atoms with Crippen molar-refractivity contribution in [3.63, 3.8) is 0 Å². The van der Waals surface area contributed by atoms with Gasteiger partial charge in [-0.2, -0.15) is 0 Å². The minimum Gasteiger partial charge on any atom is -0.338 e. The smallest absolute Gasteiger partial charge is 0.254 e. The van der Waals surface area contributed by atoms with Gasteiger partial charge in [-0.05, 0) is 24.3 Å². The highest BCUT2D eigenvalue weighted by atomic mass is 32.1. The second-order valence-corrected chi connectivity index (χ2v) is 6.11. The van der Waals surface area contributed by atoms with Crippen LogP contribution in [0.4, 0.5) is 0 Å². The van der Waals surface area contributed by atoms with Crippen molar-refractivity contribution in [2.75, 3.05) is 19.6 Å². The number of carbonyl (C=O) groups excluding carboxylic acids is 1. The molecule has 2 heterocycles. The van der Waals surface area contributed by atoms with Crippen molar-refractivity contribution >= 4 is 17.2 Å². The molecule has 102 valence electrons. The zero-order valence-corrected chi connectivity index (χ0v) is 12.3. The number of hydrogen-bond acceptors (Lipinski definition) is 3. The summed E-state index contributed by atoms with van der Waals surface area (Å²) in [7, 11) is 0. The molecule has 3 nitrogen and oxygen atoms in total. The van der Waals surface area contributed by atoms with Crippen LogP contribution in [0.3, 0.4) is 0 Å². The van der Waals surface area contributed by atoms with Gasteiger partial charge in [0.25, 0.3) is 5.91 Å². The molecule has 1 aliphatic rings. The minimum absolute atomic E-state index is 0.135. The lowest BCUT2D eigenvalue weighted by molar-refractivity contribution is 0.0628. The Hall–Kier alpha value is -1.31. The normalized spacial score (nSPS) is 22.8. The van der Waals surface area contributed by atoms with Gasteiger partial charge < -0.3 is 10.6 Å². The molecule has 1 amide bonds. The van der Waals surface area contributed by atoms with Crippen LogP contribution in [-0.2, 0) is 0 Å². The highest BCUT2D eigenvalue weighted by molar-refractivity contribution is 7.10. The molecule has 1 aliphatic heterocycles. The summed E-state index contributed by atoms with van der Waals surface area (Å²) in [5.74, 6) is 7.20. The molecule has 0 radical (unpaired) electrons. The topological polar surface area (TPSA) is 46.3 Å². The number of nitrogens with zero attached hydrogens (tertiary/aromatic N) is 1. The summed E-state index contributed by atoms with van der Waals surface area (Å²) in [5, 5.41) is 1.89. The van der Waals surface area contributed by atoms with Crippen LogP contribution >= 0.6 is 11.3 Å². The quantitative estimate of drug-likeness (QED) is 0.799. The first-order valence-electron chi connectivity index (χ1n) is 6.68. The summed E-state index contributed by atoms with van der Waals surface area (Å²) in [6.45, 7) is 6.56. The fourth-order valence-electron chi connectivity index (χ4n) is 2.28. The molecule has 1 saturated heterocycles. The predicted octanol–water partition coefficient (Wildman–Crippen LogP) is 2.18. The molecule has 0 aliphatic carbocycles. The van der Waals surface area contributed by atoms with Crippen molar-refractivity contribution < 1.29 is 4.79 Å². The predicted molar refractivity (Wildman–Crippen MR) is 79.1 cm³/mol. The average Bonchev–Trinajstić information content (AvgIpc) is 2.87. The minimum atomic E-state index is 0.135. The van der Waals surface area contributed by atoms with Crippen LogP contribution in [0.1, 0.15) is 35.5 Å². The number of thiophene rings is 1. The van der Waals surface area contributed by atoms with E-state index in [1.807, 2.05) is 16.3 Å². The molecule has 1 aromatic heterocycles. The van der Waals surface area contributed by atoms with Gasteiger partial charge in [0.05, 0.1) is 17.0 Å². The maximum atomic E-state index is 12.4. The monoisotopic (exact) mass is 276 g/mol. The maximum absolute atomic E-state index is 12.4. The maximum Gasteiger partial charge on any atom is 0.254 e. The van der Waals surface area contributed by atoms with E-state index in [9.17, 15) is 4.79 Å². The lowest BCUT2D eigenvalue weighted by Gasteiger charge is -2.35. The molecule has 2 rings (SSSR count). The van der Waals surface area contributed by atoms with Gasteiger partial charge in [-0.1, -0.05) is 25.7 Å². The molecule has 4 heteroatoms. The molecule has 2 N–H and O–H groups in total. The molecular formula is C15H20N2OS. The van der Waals surface area contributed by atoms with Gasteiger partial charge >= 0.3 is 0 Å². The van der Waals surface area contributed by atoms with Gasteiger partial charge in [-0.3, -0.25) is 4.79 Å². The third kappa shape index (κ3) is 3.37. The van der Waals surface area contributed by atoms with E-state index < -0.39 is 0 Å². The van der Waals surface area contributed by atoms with E-state index in [0.29, 0.717) is 18.4 Å². The summed E-state index contributed by atoms with van der Waals surface area (Å²) in [6.07, 6.45) is 1.09. The van der Waals surface area contributed by atoms with Crippen molar-refractivity contribution in [2.45, 2.75) is 20.3 Å². The van der Waals surface area contributed by atoms with Gasteiger partial charge in [0, 0.05) is 18.5 Å². The Labute approximate surface area is 118 Å². The van der Waals surface area contributed by atoms with Crippen molar-refractivity contribution in [2.24, 2.45) is 17.6 Å². The van der Waals surface area contributed by atoms with E-state index in [-0.39, 0.29) is 5.91 Å². The Morgan fingerprint density at radius 1 is 1.53 bits per heavy atom. The van der Waals surface area contributed by atoms with Crippen LogP contribution in [-0.4, -0.2) is 30.4 Å². The van der Waals surface area contributed by atoms with Gasteiger partial charge in [0.15, 0.2) is 0 Å². The number of hydrogen-bond donors (Lipinski definition) is 1. The third-order valence-electron chi connectivity index (χ3n) is 3.78. The summed E-state index contributed by atoms with van der Waals surface area (Å²) in [6, 6.07) is 1.87. The molecule has 0 bridgehead atoms. The summed E-state index contributed by atoms with van der Waals surface area (Å²) in [4.78, 5) is 15.3. The van der Waals surface area contributed by atoms with Crippen molar-refractivity contribution in [1.29, 1.82) is 0 Å². The number of amides is 1. The zero-order valence-electron chi connectivity index (χ0n) is 11.5. The molecule has 2 unspecified atom stereocenters. The zero-order chi connectivity index (χ0) is 13.8. The van der Waals surface area contributed by atoms with Gasteiger partial charge in [0.1, 0.15) is 0 Å². The van der Waals surface area contributed by atoms with Crippen molar-refractivity contribution in [3.8, 4) is 11.8 Å². The van der Waals surface area contributed by atoms with Crippen LogP contribution in [0.5, 0.6) is 0 Å². The summed E-state index contributed by atoms with van der Waals surface area (Å²) in [5.41, 5.74) is 6.10. The Balaban J connectivity index is 2.05. The molecule has 1 aromatic rings. The van der Waals surface area contributed by atoms with Gasteiger partial charge in [0.2, 0.25) is 0 Å². The number of nitrogens with two attached hydrogens (primary N) is 1. The first-order chi connectivity index (χ1) is 9.11. The van der Waals surface area contributed by atoms with Crippen molar-refractivity contribution in [1.82, 2.24) is 4.90 Å². The van der Waals surface area contributed by atoms with Gasteiger partial charge in [-0.25, -0.2) is 0 Å². The second kappa shape index (κ2) is 6.23. The largest absolute Gasteiger partial charge is 0.338 e. The number of rotatable bonds is 1. The summed E-state index contributed by atoms with van der Waals surface area (Å²) >= 11 is 1.51. The molecular weight excluding hydrogens is 256 g/mol. The SMILES string of the molecule is CC1CCN(C(=O)c2csc(C#CCN)c2)CC1C. The lowest BCUT2D eigenvalue weighted by Crippen LogP contribution is -2.42. The van der Waals surface area contributed by atoms with E-state index >= 15 is 0 Å². The first kappa shape index (κ1) is 14.1. The third-order valence-corrected chi connectivity index (χ3v) is 4.63. The molecule has 0 saturated carbocycles. The number of carbonyl (C=O) groups is 1. The highest BCUT2D eigenvalue weighted by Gasteiger charge is 2.26. The van der Waals surface area contributed by atoms with Gasteiger partial charge in [-0.15, -0.1) is 11.3 Å². The number of likely N-dealkylation sites (tertiary alicyclic amines) is 1. The van der Waals surface area contributed by atoms with E-state index in [1.165, 1.54) is 11.3 Å². The Morgan fingerprint density at radius 3 is 3.00 bits per heavy atom. The van der Waals surface area contributed by atoms with E-state index in [1.54, 1.807) is 0 Å². The number of piperidine rings is 1. The fraction of sp³-hybridized carbons (Fsp3) is 0.533. The Morgan fingerprint density at radius 2 is 2.32 bits per heavy atom. The van der Waals surface area contributed by atoms with Crippen LogP contribution in [0.2, 0.25) is 0 Å². The van der Waals surface area contributed by atoms with Crippen LogP contribution < -0.4 is 5.73 Å². The van der Waals surface area contributed by atoms with Crippen molar-refractivity contribution in [3.05, 3.63) is 21.9 Å². The molecule has 0 spiro atoms. The standard InChI is InChI=1S/C15H20N2OS/c1-11-5-7-17(9-12(11)2)15(18)13-8-14(19-10-13)4-3-6-16/h8,10-12H,5-7,9,16H2,1-2H3. The highest BCUT2D eigenvalue weighted by Crippen LogP contribution is 2.24. The molecule has 19 heavy (non-hydrogen) atoms. The van der Waals surface area contributed by atoms with E-state index in [0.717, 1.165) is 30.0 Å². The average molecular weight is 276 g/mol.